The number of aromatic amines is 1. The quantitative estimate of drug-likeness (QED) is 0.691. The Balaban J connectivity index is 1.54. The van der Waals surface area contributed by atoms with Crippen LogP contribution in [0, 0.1) is 13.8 Å². The lowest BCUT2D eigenvalue weighted by Crippen LogP contribution is -2.21. The highest BCUT2D eigenvalue weighted by Crippen LogP contribution is 2.16. The van der Waals surface area contributed by atoms with E-state index in [2.05, 4.69) is 15.3 Å². The monoisotopic (exact) mass is 349 g/mol. The van der Waals surface area contributed by atoms with E-state index < -0.39 is 5.97 Å². The van der Waals surface area contributed by atoms with Crippen molar-refractivity contribution in [2.45, 2.75) is 13.8 Å². The van der Waals surface area contributed by atoms with Crippen LogP contribution in [-0.2, 0) is 9.53 Å². The van der Waals surface area contributed by atoms with Gasteiger partial charge in [-0.25, -0.2) is 9.78 Å². The number of rotatable bonds is 5. The Morgan fingerprint density at radius 1 is 1.08 bits per heavy atom. The molecule has 0 aliphatic heterocycles. The minimum absolute atomic E-state index is 0.342. The van der Waals surface area contributed by atoms with Crippen molar-refractivity contribution < 1.29 is 14.3 Å². The first-order chi connectivity index (χ1) is 12.5. The summed E-state index contributed by atoms with van der Waals surface area (Å²) in [5, 5.41) is 2.72. The van der Waals surface area contributed by atoms with E-state index in [-0.39, 0.29) is 12.5 Å². The number of H-pyrrole nitrogens is 1. The maximum absolute atomic E-state index is 12.1. The maximum atomic E-state index is 12.1. The van der Waals surface area contributed by atoms with Crippen molar-refractivity contribution in [1.82, 2.24) is 9.97 Å². The molecule has 1 heterocycles. The van der Waals surface area contributed by atoms with Crippen LogP contribution in [0.2, 0.25) is 0 Å². The molecule has 0 atom stereocenters. The molecule has 0 saturated heterocycles. The molecule has 26 heavy (non-hydrogen) atoms. The fourth-order valence-corrected chi connectivity index (χ4v) is 2.42. The predicted molar refractivity (Wildman–Crippen MR) is 98.9 cm³/mol. The summed E-state index contributed by atoms with van der Waals surface area (Å²) in [5.41, 5.74) is 4.14. The predicted octanol–water partition coefficient (Wildman–Crippen LogP) is 3.49. The van der Waals surface area contributed by atoms with E-state index >= 15 is 0 Å². The Morgan fingerprint density at radius 2 is 1.85 bits per heavy atom. The first-order valence-corrected chi connectivity index (χ1v) is 8.17. The van der Waals surface area contributed by atoms with Gasteiger partial charge in [0.1, 0.15) is 5.82 Å². The largest absolute Gasteiger partial charge is 0.452 e. The van der Waals surface area contributed by atoms with E-state index in [0.717, 1.165) is 22.5 Å². The number of aromatic nitrogens is 2. The number of anilines is 1. The Kier molecular flexibility index (Phi) is 5.12. The fraction of sp³-hybridized carbons (Fsp3) is 0.150. The highest BCUT2D eigenvalue weighted by atomic mass is 16.5. The van der Waals surface area contributed by atoms with Crippen molar-refractivity contribution in [2.75, 3.05) is 11.9 Å². The number of aryl methyl sites for hydroxylation is 2. The van der Waals surface area contributed by atoms with E-state index in [4.69, 9.17) is 4.74 Å². The molecule has 2 N–H and O–H groups in total. The number of carbonyl (C=O) groups excluding carboxylic acids is 2. The minimum Gasteiger partial charge on any atom is -0.452 e. The highest BCUT2D eigenvalue weighted by molar-refractivity contribution is 5.95. The normalized spacial score (nSPS) is 10.4. The van der Waals surface area contributed by atoms with Crippen molar-refractivity contribution in [3.8, 4) is 11.4 Å². The topological polar surface area (TPSA) is 84.1 Å². The number of hydrogen-bond acceptors (Lipinski definition) is 4. The summed E-state index contributed by atoms with van der Waals surface area (Å²) in [6.07, 6.45) is 3.39. The molecule has 3 aromatic rings. The molecule has 0 fully saturated rings. The van der Waals surface area contributed by atoms with Gasteiger partial charge in [0.15, 0.2) is 6.61 Å². The van der Waals surface area contributed by atoms with E-state index in [1.807, 2.05) is 32.0 Å². The Hall–Kier alpha value is -3.41. The molecule has 0 bridgehead atoms. The summed E-state index contributed by atoms with van der Waals surface area (Å²) in [6.45, 7) is 3.63. The van der Waals surface area contributed by atoms with Crippen molar-refractivity contribution in [3.63, 3.8) is 0 Å². The van der Waals surface area contributed by atoms with Crippen molar-refractivity contribution in [3.05, 3.63) is 71.5 Å². The fourth-order valence-electron chi connectivity index (χ4n) is 2.42. The highest BCUT2D eigenvalue weighted by Gasteiger charge is 2.11. The SMILES string of the molecule is Cc1ccc(NC(=O)COC(=O)c2ccc(-c3ncc[nH]3)cc2)cc1C. The van der Waals surface area contributed by atoms with E-state index in [1.165, 1.54) is 0 Å². The Bertz CT molecular complexity index is 916. The molecule has 0 saturated carbocycles. The van der Waals surface area contributed by atoms with Gasteiger partial charge in [0.25, 0.3) is 5.91 Å². The number of hydrogen-bond donors (Lipinski definition) is 2. The lowest BCUT2D eigenvalue weighted by atomic mass is 10.1. The molecule has 1 amide bonds. The van der Waals surface area contributed by atoms with Gasteiger partial charge in [-0.1, -0.05) is 18.2 Å². The second-order valence-corrected chi connectivity index (χ2v) is 5.94. The van der Waals surface area contributed by atoms with Gasteiger partial charge in [0, 0.05) is 23.6 Å². The van der Waals surface area contributed by atoms with E-state index in [9.17, 15) is 9.59 Å². The molecule has 6 nitrogen and oxygen atoms in total. The van der Waals surface area contributed by atoms with Crippen LogP contribution in [0.15, 0.2) is 54.9 Å². The summed E-state index contributed by atoms with van der Waals surface area (Å²) in [6, 6.07) is 12.4. The zero-order valence-corrected chi connectivity index (χ0v) is 14.6. The van der Waals surface area contributed by atoms with Crippen LogP contribution in [0.4, 0.5) is 5.69 Å². The molecular formula is C20H19N3O3. The van der Waals surface area contributed by atoms with Gasteiger partial charge in [-0.3, -0.25) is 4.79 Å². The summed E-state index contributed by atoms with van der Waals surface area (Å²) < 4.78 is 5.07. The zero-order valence-electron chi connectivity index (χ0n) is 14.6. The molecular weight excluding hydrogens is 330 g/mol. The van der Waals surface area contributed by atoms with Gasteiger partial charge < -0.3 is 15.0 Å². The first kappa shape index (κ1) is 17.4. The van der Waals surface area contributed by atoms with Gasteiger partial charge in [-0.2, -0.15) is 0 Å². The minimum atomic E-state index is -0.550. The number of esters is 1. The van der Waals surface area contributed by atoms with Gasteiger partial charge >= 0.3 is 5.97 Å². The lowest BCUT2D eigenvalue weighted by Gasteiger charge is -2.08. The number of ether oxygens (including phenoxy) is 1. The molecule has 0 unspecified atom stereocenters. The Morgan fingerprint density at radius 3 is 2.50 bits per heavy atom. The van der Waals surface area contributed by atoms with Crippen molar-refractivity contribution in [1.29, 1.82) is 0 Å². The number of amides is 1. The van der Waals surface area contributed by atoms with Crippen LogP contribution in [0.3, 0.4) is 0 Å². The Labute approximate surface area is 151 Å². The van der Waals surface area contributed by atoms with Crippen LogP contribution in [0.5, 0.6) is 0 Å². The number of benzene rings is 2. The molecule has 6 heteroatoms. The van der Waals surface area contributed by atoms with E-state index in [0.29, 0.717) is 11.3 Å². The molecule has 2 aromatic carbocycles. The average molecular weight is 349 g/mol. The molecule has 3 rings (SSSR count). The van der Waals surface area contributed by atoms with Crippen LogP contribution in [0.1, 0.15) is 21.5 Å². The number of nitrogens with zero attached hydrogens (tertiary/aromatic N) is 1. The summed E-state index contributed by atoms with van der Waals surface area (Å²) >= 11 is 0. The van der Waals surface area contributed by atoms with Crippen LogP contribution in [0.25, 0.3) is 11.4 Å². The molecule has 0 radical (unpaired) electrons. The van der Waals surface area contributed by atoms with Crippen LogP contribution >= 0.6 is 0 Å². The molecule has 0 spiro atoms. The van der Waals surface area contributed by atoms with Gasteiger partial charge in [-0.05, 0) is 49.2 Å². The number of nitrogens with one attached hydrogen (secondary N) is 2. The standard InChI is InChI=1S/C20H19N3O3/c1-13-3-8-17(11-14(13)2)23-18(24)12-26-20(25)16-6-4-15(5-7-16)19-21-9-10-22-19/h3-11H,12H2,1-2H3,(H,21,22)(H,23,24). The third kappa shape index (κ3) is 4.16. The van der Waals surface area contributed by atoms with Gasteiger partial charge in [0.2, 0.25) is 0 Å². The second-order valence-electron chi connectivity index (χ2n) is 5.94. The summed E-state index contributed by atoms with van der Waals surface area (Å²) in [7, 11) is 0. The summed E-state index contributed by atoms with van der Waals surface area (Å²) in [5.74, 6) is -0.210. The molecule has 0 aliphatic rings. The molecule has 0 aliphatic carbocycles. The lowest BCUT2D eigenvalue weighted by molar-refractivity contribution is -0.119. The molecule has 1 aromatic heterocycles. The van der Waals surface area contributed by atoms with Gasteiger partial charge in [0.05, 0.1) is 5.56 Å². The van der Waals surface area contributed by atoms with Gasteiger partial charge in [-0.15, -0.1) is 0 Å². The first-order valence-electron chi connectivity index (χ1n) is 8.17. The maximum Gasteiger partial charge on any atom is 0.338 e. The van der Waals surface area contributed by atoms with Crippen molar-refractivity contribution >= 4 is 17.6 Å². The van der Waals surface area contributed by atoms with E-state index in [1.54, 1.807) is 36.7 Å². The number of imidazole rings is 1. The van der Waals surface area contributed by atoms with Crippen LogP contribution < -0.4 is 5.32 Å². The third-order valence-electron chi connectivity index (χ3n) is 4.02. The van der Waals surface area contributed by atoms with Crippen molar-refractivity contribution in [2.24, 2.45) is 0 Å². The number of carbonyl (C=O) groups is 2. The second kappa shape index (κ2) is 7.65. The molecule has 132 valence electrons. The summed E-state index contributed by atoms with van der Waals surface area (Å²) in [4.78, 5) is 31.2. The smallest absolute Gasteiger partial charge is 0.338 e. The zero-order chi connectivity index (χ0) is 18.5. The van der Waals surface area contributed by atoms with Crippen LogP contribution in [-0.4, -0.2) is 28.5 Å². The average Bonchev–Trinajstić information content (AvgIpc) is 3.18. The third-order valence-corrected chi connectivity index (χ3v) is 4.02.